The average Bonchev–Trinajstić information content (AvgIpc) is 3.00. The van der Waals surface area contributed by atoms with Gasteiger partial charge in [-0.15, -0.1) is 0 Å². The smallest absolute Gasteiger partial charge is 0.325 e. The lowest BCUT2D eigenvalue weighted by molar-refractivity contribution is -0.141. The molecule has 6 nitrogen and oxygen atoms in total. The number of esters is 1. The fourth-order valence-electron chi connectivity index (χ4n) is 2.73. The van der Waals surface area contributed by atoms with Crippen LogP contribution in [-0.4, -0.2) is 28.5 Å². The second-order valence-electron chi connectivity index (χ2n) is 5.82. The summed E-state index contributed by atoms with van der Waals surface area (Å²) in [6, 6.07) is 13.7. The average molecular weight is 372 g/mol. The molecule has 0 radical (unpaired) electrons. The van der Waals surface area contributed by atoms with Crippen molar-refractivity contribution in [2.75, 3.05) is 7.11 Å². The molecule has 0 aliphatic heterocycles. The fraction of sp³-hybridized carbons (Fsp3) is 0.211. The minimum absolute atomic E-state index is 0.0213. The van der Waals surface area contributed by atoms with Crippen LogP contribution in [0.5, 0.6) is 0 Å². The van der Waals surface area contributed by atoms with E-state index in [1.54, 1.807) is 28.8 Å². The lowest BCUT2D eigenvalue weighted by atomic mass is 10.2. The van der Waals surface area contributed by atoms with Crippen LogP contribution < -0.4 is 5.32 Å². The number of carbonyl (C=O) groups is 2. The number of amides is 1. The second kappa shape index (κ2) is 7.58. The maximum absolute atomic E-state index is 12.5. The zero-order valence-corrected chi connectivity index (χ0v) is 15.2. The van der Waals surface area contributed by atoms with Gasteiger partial charge in [0.25, 0.3) is 5.91 Å². The molecule has 1 N–H and O–H groups in total. The van der Waals surface area contributed by atoms with Gasteiger partial charge in [0.1, 0.15) is 12.4 Å². The van der Waals surface area contributed by atoms with Gasteiger partial charge in [-0.25, -0.2) is 4.98 Å². The van der Waals surface area contributed by atoms with E-state index < -0.39 is 6.04 Å². The van der Waals surface area contributed by atoms with Crippen LogP contribution in [0.25, 0.3) is 11.0 Å². The number of para-hydroxylation sites is 2. The van der Waals surface area contributed by atoms with E-state index in [2.05, 4.69) is 10.3 Å². The Bertz CT molecular complexity index is 950. The highest BCUT2D eigenvalue weighted by atomic mass is 35.5. The number of fused-ring (bicyclic) bond motifs is 1. The summed E-state index contributed by atoms with van der Waals surface area (Å²) in [4.78, 5) is 28.8. The van der Waals surface area contributed by atoms with Crippen molar-refractivity contribution < 1.29 is 14.3 Å². The van der Waals surface area contributed by atoms with Crippen molar-refractivity contribution in [3.05, 3.63) is 64.9 Å². The van der Waals surface area contributed by atoms with Crippen LogP contribution in [0.15, 0.2) is 48.5 Å². The summed E-state index contributed by atoms with van der Waals surface area (Å²) < 4.78 is 6.54. The first-order chi connectivity index (χ1) is 12.5. The lowest BCUT2D eigenvalue weighted by Gasteiger charge is -2.16. The van der Waals surface area contributed by atoms with E-state index in [0.717, 1.165) is 11.0 Å². The van der Waals surface area contributed by atoms with E-state index in [1.807, 2.05) is 31.2 Å². The summed E-state index contributed by atoms with van der Waals surface area (Å²) in [6.45, 7) is 1.84. The molecule has 0 fully saturated rings. The first kappa shape index (κ1) is 17.9. The van der Waals surface area contributed by atoms with Crippen LogP contribution in [0.3, 0.4) is 0 Å². The molecule has 26 heavy (non-hydrogen) atoms. The van der Waals surface area contributed by atoms with Crippen LogP contribution >= 0.6 is 11.6 Å². The van der Waals surface area contributed by atoms with Crippen molar-refractivity contribution in [2.45, 2.75) is 19.5 Å². The minimum Gasteiger partial charge on any atom is -0.468 e. The van der Waals surface area contributed by atoms with Gasteiger partial charge < -0.3 is 14.6 Å². The van der Waals surface area contributed by atoms with E-state index in [-0.39, 0.29) is 18.4 Å². The normalized spacial score (nSPS) is 12.0. The van der Waals surface area contributed by atoms with Gasteiger partial charge in [-0.05, 0) is 43.3 Å². The van der Waals surface area contributed by atoms with Gasteiger partial charge >= 0.3 is 5.97 Å². The van der Waals surface area contributed by atoms with Crippen LogP contribution in [-0.2, 0) is 16.1 Å². The summed E-state index contributed by atoms with van der Waals surface area (Å²) in [7, 11) is 1.34. The summed E-state index contributed by atoms with van der Waals surface area (Å²) in [6.07, 6.45) is 0. The van der Waals surface area contributed by atoms with Gasteiger partial charge in [-0.1, -0.05) is 23.7 Å². The highest BCUT2D eigenvalue weighted by Gasteiger charge is 2.20. The van der Waals surface area contributed by atoms with Gasteiger partial charge in [0.15, 0.2) is 0 Å². The Hall–Kier alpha value is -2.86. The second-order valence-corrected chi connectivity index (χ2v) is 6.26. The molecule has 0 aliphatic carbocycles. The standard InChI is InChI=1S/C19H18ClN3O3/c1-12(21-19(25)13-7-9-14(20)10-8-13)18-22-15-5-3-4-6-16(15)23(18)11-17(24)26-2/h3-10,12H,11H2,1-2H3,(H,21,25). The summed E-state index contributed by atoms with van der Waals surface area (Å²) in [5.41, 5.74) is 2.05. The fourth-order valence-corrected chi connectivity index (χ4v) is 2.86. The number of halogens is 1. The number of nitrogens with zero attached hydrogens (tertiary/aromatic N) is 2. The molecule has 1 unspecified atom stereocenters. The highest BCUT2D eigenvalue weighted by molar-refractivity contribution is 6.30. The molecular weight excluding hydrogens is 354 g/mol. The molecule has 1 atom stereocenters. The number of hydrogen-bond donors (Lipinski definition) is 1. The predicted molar refractivity (Wildman–Crippen MR) is 99.1 cm³/mol. The molecule has 7 heteroatoms. The van der Waals surface area contributed by atoms with Crippen molar-refractivity contribution in [2.24, 2.45) is 0 Å². The lowest BCUT2D eigenvalue weighted by Crippen LogP contribution is -2.29. The third-order valence-electron chi connectivity index (χ3n) is 4.04. The third-order valence-corrected chi connectivity index (χ3v) is 4.29. The van der Waals surface area contributed by atoms with Gasteiger partial charge in [0.2, 0.25) is 0 Å². The van der Waals surface area contributed by atoms with Crippen LogP contribution in [0.2, 0.25) is 5.02 Å². The zero-order valence-electron chi connectivity index (χ0n) is 14.4. The molecule has 1 heterocycles. The number of ether oxygens (including phenoxy) is 1. The Morgan fingerprint density at radius 2 is 1.88 bits per heavy atom. The number of methoxy groups -OCH3 is 1. The van der Waals surface area contributed by atoms with Gasteiger partial charge in [-0.2, -0.15) is 0 Å². The summed E-state index contributed by atoms with van der Waals surface area (Å²) in [5.74, 6) is -0.0459. The van der Waals surface area contributed by atoms with Gasteiger partial charge in [0, 0.05) is 10.6 Å². The first-order valence-corrected chi connectivity index (χ1v) is 8.46. The van der Waals surface area contributed by atoms with E-state index in [9.17, 15) is 9.59 Å². The van der Waals surface area contributed by atoms with Gasteiger partial charge in [-0.3, -0.25) is 9.59 Å². The van der Waals surface area contributed by atoms with Crippen molar-refractivity contribution in [1.29, 1.82) is 0 Å². The minimum atomic E-state index is -0.407. The third kappa shape index (κ3) is 3.70. The van der Waals surface area contributed by atoms with E-state index >= 15 is 0 Å². The molecule has 1 amide bonds. The molecule has 2 aromatic carbocycles. The van der Waals surface area contributed by atoms with E-state index in [4.69, 9.17) is 16.3 Å². The van der Waals surface area contributed by atoms with Gasteiger partial charge in [0.05, 0.1) is 24.2 Å². The number of benzene rings is 2. The molecule has 3 aromatic rings. The van der Waals surface area contributed by atoms with Crippen LogP contribution in [0.1, 0.15) is 29.1 Å². The number of nitrogens with one attached hydrogen (secondary N) is 1. The Morgan fingerprint density at radius 3 is 2.58 bits per heavy atom. The number of rotatable bonds is 5. The quantitative estimate of drug-likeness (QED) is 0.698. The Labute approximate surface area is 155 Å². The summed E-state index contributed by atoms with van der Waals surface area (Å²) in [5, 5.41) is 3.47. The molecule has 1 aromatic heterocycles. The maximum Gasteiger partial charge on any atom is 0.325 e. The number of imidazole rings is 1. The highest BCUT2D eigenvalue weighted by Crippen LogP contribution is 2.21. The van der Waals surface area contributed by atoms with E-state index in [0.29, 0.717) is 16.4 Å². The van der Waals surface area contributed by atoms with Crippen LogP contribution in [0, 0.1) is 0 Å². The predicted octanol–water partition coefficient (Wildman–Crippen LogP) is 3.35. The molecule has 134 valence electrons. The molecule has 3 rings (SSSR count). The molecule has 0 bridgehead atoms. The maximum atomic E-state index is 12.5. The largest absolute Gasteiger partial charge is 0.468 e. The molecule has 0 saturated heterocycles. The monoisotopic (exact) mass is 371 g/mol. The first-order valence-electron chi connectivity index (χ1n) is 8.08. The summed E-state index contributed by atoms with van der Waals surface area (Å²) >= 11 is 5.86. The topological polar surface area (TPSA) is 73.2 Å². The Kier molecular flexibility index (Phi) is 5.23. The Morgan fingerprint density at radius 1 is 1.19 bits per heavy atom. The molecule has 0 spiro atoms. The number of hydrogen-bond acceptors (Lipinski definition) is 4. The molecule has 0 saturated carbocycles. The van der Waals surface area contributed by atoms with Crippen molar-refractivity contribution in [3.8, 4) is 0 Å². The molecular formula is C19H18ClN3O3. The number of carbonyl (C=O) groups excluding carboxylic acids is 2. The van der Waals surface area contributed by atoms with Crippen molar-refractivity contribution in [1.82, 2.24) is 14.9 Å². The zero-order chi connectivity index (χ0) is 18.7. The van der Waals surface area contributed by atoms with Crippen LogP contribution in [0.4, 0.5) is 0 Å². The number of aromatic nitrogens is 2. The van der Waals surface area contributed by atoms with E-state index in [1.165, 1.54) is 7.11 Å². The molecule has 0 aliphatic rings. The van der Waals surface area contributed by atoms with Crippen molar-refractivity contribution >= 4 is 34.5 Å². The Balaban J connectivity index is 1.90. The SMILES string of the molecule is COC(=O)Cn1c(C(C)NC(=O)c2ccc(Cl)cc2)nc2ccccc21. The van der Waals surface area contributed by atoms with Crippen molar-refractivity contribution in [3.63, 3.8) is 0 Å².